The van der Waals surface area contributed by atoms with Gasteiger partial charge in [-0.3, -0.25) is 4.79 Å². The zero-order chi connectivity index (χ0) is 23.8. The first-order chi connectivity index (χ1) is 15.6. The number of halogens is 2. The van der Waals surface area contributed by atoms with E-state index >= 15 is 0 Å². The van der Waals surface area contributed by atoms with Crippen molar-refractivity contribution in [3.05, 3.63) is 63.7 Å². The molecular formula is C20H21F2N5O4S2. The number of piperidine rings is 1. The summed E-state index contributed by atoms with van der Waals surface area (Å²) in [5, 5.41) is 8.96. The summed E-state index contributed by atoms with van der Waals surface area (Å²) in [5.74, 6) is -2.30. The molecule has 33 heavy (non-hydrogen) atoms. The van der Waals surface area contributed by atoms with E-state index in [1.54, 1.807) is 17.5 Å². The summed E-state index contributed by atoms with van der Waals surface area (Å²) in [6.07, 6.45) is 2.35. The molecule has 1 fully saturated rings. The lowest BCUT2D eigenvalue weighted by Crippen LogP contribution is -2.39. The number of hydrogen-bond donors (Lipinski definition) is 1. The third kappa shape index (κ3) is 5.04. The van der Waals surface area contributed by atoms with Crippen molar-refractivity contribution >= 4 is 33.0 Å². The largest absolute Gasteiger partial charge is 0.351 e. The molecule has 13 heteroatoms. The maximum atomic E-state index is 13.9. The van der Waals surface area contributed by atoms with Gasteiger partial charge in [-0.05, 0) is 42.5 Å². The lowest BCUT2D eigenvalue weighted by Gasteiger charge is -2.30. The molecule has 0 spiro atoms. The van der Waals surface area contributed by atoms with Crippen molar-refractivity contribution < 1.29 is 22.0 Å². The first-order valence-electron chi connectivity index (χ1n) is 10.1. The molecule has 3 aromatic rings. The molecule has 3 heterocycles. The topological polar surface area (TPSA) is 106 Å². The number of rotatable bonds is 6. The monoisotopic (exact) mass is 497 g/mol. The number of benzene rings is 1. The Labute approximate surface area is 192 Å². The van der Waals surface area contributed by atoms with Crippen molar-refractivity contribution in [2.75, 3.05) is 24.7 Å². The number of hydrogen-bond acceptors (Lipinski definition) is 6. The van der Waals surface area contributed by atoms with Gasteiger partial charge in [0, 0.05) is 25.1 Å². The van der Waals surface area contributed by atoms with Crippen molar-refractivity contribution in [1.82, 2.24) is 18.7 Å². The van der Waals surface area contributed by atoms with Gasteiger partial charge in [0.25, 0.3) is 0 Å². The molecule has 0 radical (unpaired) electrons. The molecule has 1 saturated heterocycles. The number of anilines is 1. The molecule has 1 unspecified atom stereocenters. The fourth-order valence-corrected chi connectivity index (χ4v) is 5.41. The molecule has 0 bridgehead atoms. The Balaban J connectivity index is 1.65. The summed E-state index contributed by atoms with van der Waals surface area (Å²) < 4.78 is 55.0. The van der Waals surface area contributed by atoms with Gasteiger partial charge in [0.05, 0.1) is 11.9 Å². The second kappa shape index (κ2) is 9.15. The van der Waals surface area contributed by atoms with E-state index < -0.39 is 39.8 Å². The SMILES string of the molecule is CS(=O)(=O)N1CCCC(c2nn(CC(=O)Nc3cc(F)ccc3F)c(=O)n2-c2cccs2)C1. The minimum atomic E-state index is -3.41. The number of nitrogens with one attached hydrogen (secondary N) is 1. The predicted octanol–water partition coefficient (Wildman–Crippen LogP) is 2.15. The van der Waals surface area contributed by atoms with E-state index in [2.05, 4.69) is 10.4 Å². The molecule has 1 aliphatic rings. The van der Waals surface area contributed by atoms with Crippen LogP contribution in [0.5, 0.6) is 0 Å². The second-order valence-electron chi connectivity index (χ2n) is 7.72. The third-order valence-electron chi connectivity index (χ3n) is 5.31. The Morgan fingerprint density at radius 2 is 2.09 bits per heavy atom. The quantitative estimate of drug-likeness (QED) is 0.562. The van der Waals surface area contributed by atoms with Crippen molar-refractivity contribution in [3.63, 3.8) is 0 Å². The van der Waals surface area contributed by atoms with E-state index in [-0.39, 0.29) is 18.2 Å². The zero-order valence-corrected chi connectivity index (χ0v) is 19.2. The van der Waals surface area contributed by atoms with Crippen molar-refractivity contribution in [2.24, 2.45) is 0 Å². The Kier molecular flexibility index (Phi) is 6.45. The second-order valence-corrected chi connectivity index (χ2v) is 10.6. The number of amides is 1. The van der Waals surface area contributed by atoms with Gasteiger partial charge in [-0.15, -0.1) is 11.3 Å². The molecule has 176 valence electrons. The van der Waals surface area contributed by atoms with Crippen LogP contribution in [0.3, 0.4) is 0 Å². The normalized spacial score (nSPS) is 17.2. The Bertz CT molecular complexity index is 1330. The van der Waals surface area contributed by atoms with Gasteiger partial charge in [-0.2, -0.15) is 5.10 Å². The molecule has 9 nitrogen and oxygen atoms in total. The number of carbonyl (C=O) groups excluding carboxylic acids is 1. The molecule has 2 aromatic heterocycles. The van der Waals surface area contributed by atoms with Crippen LogP contribution in [0, 0.1) is 11.6 Å². The van der Waals surface area contributed by atoms with Crippen LogP contribution in [0.4, 0.5) is 14.5 Å². The lowest BCUT2D eigenvalue weighted by atomic mass is 9.99. The zero-order valence-electron chi connectivity index (χ0n) is 17.6. The summed E-state index contributed by atoms with van der Waals surface area (Å²) in [6.45, 7) is 0.0327. The van der Waals surface area contributed by atoms with Crippen molar-refractivity contribution in [1.29, 1.82) is 0 Å². The maximum Gasteiger partial charge on any atom is 0.351 e. The van der Waals surface area contributed by atoms with E-state index in [1.807, 2.05) is 0 Å². The lowest BCUT2D eigenvalue weighted by molar-refractivity contribution is -0.117. The molecular weight excluding hydrogens is 476 g/mol. The Morgan fingerprint density at radius 1 is 1.30 bits per heavy atom. The fourth-order valence-electron chi connectivity index (χ4n) is 3.77. The first kappa shape index (κ1) is 23.3. The van der Waals surface area contributed by atoms with E-state index in [0.29, 0.717) is 30.2 Å². The van der Waals surface area contributed by atoms with Gasteiger partial charge in [0.15, 0.2) is 0 Å². The maximum absolute atomic E-state index is 13.9. The average Bonchev–Trinajstić information content (AvgIpc) is 3.38. The van der Waals surface area contributed by atoms with Crippen LogP contribution < -0.4 is 11.0 Å². The Hall–Kier alpha value is -2.90. The van der Waals surface area contributed by atoms with Crippen LogP contribution in [-0.2, 0) is 21.4 Å². The van der Waals surface area contributed by atoms with E-state index in [4.69, 9.17) is 0 Å². The number of sulfonamides is 1. The van der Waals surface area contributed by atoms with Gasteiger partial charge in [-0.1, -0.05) is 0 Å². The van der Waals surface area contributed by atoms with Gasteiger partial charge < -0.3 is 5.32 Å². The van der Waals surface area contributed by atoms with E-state index in [1.165, 1.54) is 20.2 Å². The fraction of sp³-hybridized carbons (Fsp3) is 0.350. The minimum Gasteiger partial charge on any atom is -0.322 e. The summed E-state index contributed by atoms with van der Waals surface area (Å²) >= 11 is 1.30. The van der Waals surface area contributed by atoms with Gasteiger partial charge in [0.1, 0.15) is 29.0 Å². The van der Waals surface area contributed by atoms with E-state index in [0.717, 1.165) is 29.1 Å². The van der Waals surface area contributed by atoms with Crippen molar-refractivity contribution in [2.45, 2.75) is 25.3 Å². The number of aromatic nitrogens is 3. The van der Waals surface area contributed by atoms with Crippen LogP contribution in [0.25, 0.3) is 5.00 Å². The predicted molar refractivity (Wildman–Crippen MR) is 119 cm³/mol. The first-order valence-corrected chi connectivity index (χ1v) is 12.8. The highest BCUT2D eigenvalue weighted by molar-refractivity contribution is 7.88. The summed E-state index contributed by atoms with van der Waals surface area (Å²) in [4.78, 5) is 25.6. The highest BCUT2D eigenvalue weighted by Crippen LogP contribution is 2.28. The smallest absolute Gasteiger partial charge is 0.322 e. The van der Waals surface area contributed by atoms with Crippen LogP contribution in [0.15, 0.2) is 40.5 Å². The molecule has 1 amide bonds. The molecule has 1 N–H and O–H groups in total. The highest BCUT2D eigenvalue weighted by Gasteiger charge is 2.32. The van der Waals surface area contributed by atoms with Gasteiger partial charge in [-0.25, -0.2) is 35.5 Å². The third-order valence-corrected chi connectivity index (χ3v) is 7.43. The minimum absolute atomic E-state index is 0.168. The highest BCUT2D eigenvalue weighted by atomic mass is 32.2. The van der Waals surface area contributed by atoms with Crippen LogP contribution in [0.1, 0.15) is 24.6 Å². The standard InChI is InChI=1S/C20H21F2N5O4S2/c1-33(30,31)25-8-2-4-13(11-25)19-24-26(20(29)27(19)18-5-3-9-32-18)12-17(28)23-16-10-14(21)6-7-15(16)22/h3,5-7,9-10,13H,2,4,8,11-12H2,1H3,(H,23,28). The summed E-state index contributed by atoms with van der Waals surface area (Å²) in [6, 6.07) is 6.14. The Morgan fingerprint density at radius 3 is 2.79 bits per heavy atom. The van der Waals surface area contributed by atoms with Crippen molar-refractivity contribution in [3.8, 4) is 5.00 Å². The molecule has 0 saturated carbocycles. The molecule has 1 atom stereocenters. The molecule has 1 aromatic carbocycles. The molecule has 4 rings (SSSR count). The summed E-state index contributed by atoms with van der Waals surface area (Å²) in [5.41, 5.74) is -0.930. The van der Waals surface area contributed by atoms with E-state index in [9.17, 15) is 26.8 Å². The number of thiophene rings is 1. The molecule has 1 aliphatic heterocycles. The van der Waals surface area contributed by atoms with Crippen LogP contribution >= 0.6 is 11.3 Å². The number of carbonyl (C=O) groups is 1. The van der Waals surface area contributed by atoms with Gasteiger partial charge in [0.2, 0.25) is 15.9 Å². The molecule has 0 aliphatic carbocycles. The van der Waals surface area contributed by atoms with Gasteiger partial charge >= 0.3 is 5.69 Å². The average molecular weight is 498 g/mol. The van der Waals surface area contributed by atoms with Crippen LogP contribution in [-0.4, -0.2) is 52.3 Å². The summed E-state index contributed by atoms with van der Waals surface area (Å²) in [7, 11) is -3.41. The van der Waals surface area contributed by atoms with Crippen LogP contribution in [0.2, 0.25) is 0 Å². The number of nitrogens with zero attached hydrogens (tertiary/aromatic N) is 4.